The van der Waals surface area contributed by atoms with E-state index in [1.54, 1.807) is 67.5 Å². The number of esters is 6. The lowest BCUT2D eigenvalue weighted by Crippen LogP contribution is -2.11. The molecule has 20 nitrogen and oxygen atoms in total. The second-order valence-electron chi connectivity index (χ2n) is 16.0. The van der Waals surface area contributed by atoms with Crippen molar-refractivity contribution in [1.29, 1.82) is 0 Å². The number of hydrogen-bond acceptors (Lipinski definition) is 20. The lowest BCUT2D eigenvalue weighted by atomic mass is 10.1. The van der Waals surface area contributed by atoms with Gasteiger partial charge in [-0.1, -0.05) is 0 Å². The molecule has 0 bridgehead atoms. The van der Waals surface area contributed by atoms with Crippen molar-refractivity contribution in [3.8, 4) is 34.2 Å². The van der Waals surface area contributed by atoms with Gasteiger partial charge >= 0.3 is 35.8 Å². The highest BCUT2D eigenvalue weighted by atomic mass is 16.6. The van der Waals surface area contributed by atoms with Crippen LogP contribution in [-0.2, 0) is 64.3 Å². The highest BCUT2D eigenvalue weighted by Crippen LogP contribution is 2.26. The maximum absolute atomic E-state index is 13.3. The number of carbonyl (C=O) groups excluding carboxylic acids is 6. The van der Waals surface area contributed by atoms with E-state index in [4.69, 9.17) is 57.8 Å². The normalized spacial score (nSPS) is 10.9. The van der Waals surface area contributed by atoms with Crippen LogP contribution in [-0.4, -0.2) is 105 Å². The first-order valence-corrected chi connectivity index (χ1v) is 23.9. The van der Waals surface area contributed by atoms with Crippen LogP contribution in [0, 0.1) is 13.8 Å². The molecule has 0 aliphatic rings. The van der Waals surface area contributed by atoms with Crippen molar-refractivity contribution in [1.82, 2.24) is 29.9 Å². The fourth-order valence-corrected chi connectivity index (χ4v) is 7.29. The zero-order chi connectivity index (χ0) is 53.3. The number of hydrogen-bond donors (Lipinski definition) is 0. The van der Waals surface area contributed by atoms with Crippen LogP contribution in [0.5, 0.6) is 0 Å². The molecule has 6 aromatic rings. The van der Waals surface area contributed by atoms with Gasteiger partial charge in [0.1, 0.15) is 0 Å². The topological polar surface area (TPSA) is 254 Å². The fourth-order valence-electron chi connectivity index (χ4n) is 7.29. The van der Waals surface area contributed by atoms with Crippen molar-refractivity contribution in [2.45, 2.75) is 81.8 Å². The number of ether oxygens (including phenoxy) is 8. The predicted molar refractivity (Wildman–Crippen MR) is 265 cm³/mol. The predicted octanol–water partition coefficient (Wildman–Crippen LogP) is 8.17. The molecule has 6 rings (SSSR count). The molecule has 0 radical (unpaired) electrons. The molecule has 0 spiro atoms. The van der Waals surface area contributed by atoms with E-state index in [9.17, 15) is 28.8 Å². The summed E-state index contributed by atoms with van der Waals surface area (Å²) >= 11 is 0. The number of aryl methyl sites for hydroxylation is 2. The minimum atomic E-state index is -0.654. The third-order valence-electron chi connectivity index (χ3n) is 10.3. The summed E-state index contributed by atoms with van der Waals surface area (Å²) in [5, 5.41) is 0. The van der Waals surface area contributed by atoms with Gasteiger partial charge in [0, 0.05) is 11.4 Å². The van der Waals surface area contributed by atoms with Crippen molar-refractivity contribution in [3.05, 3.63) is 140 Å². The van der Waals surface area contributed by atoms with Crippen LogP contribution < -0.4 is 0 Å². The molecule has 74 heavy (non-hydrogen) atoms. The van der Waals surface area contributed by atoms with Crippen molar-refractivity contribution < 1.29 is 66.7 Å². The summed E-state index contributed by atoms with van der Waals surface area (Å²) < 4.78 is 43.9. The number of pyridine rings is 6. The summed E-state index contributed by atoms with van der Waals surface area (Å²) in [6.45, 7) is 13.6. The van der Waals surface area contributed by atoms with Gasteiger partial charge in [0.15, 0.2) is 0 Å². The number of carbonyl (C=O) groups is 6. The Morgan fingerprint density at radius 1 is 0.297 bits per heavy atom. The van der Waals surface area contributed by atoms with Crippen molar-refractivity contribution >= 4 is 35.8 Å². The van der Waals surface area contributed by atoms with Crippen molar-refractivity contribution in [2.75, 3.05) is 39.6 Å². The second-order valence-corrected chi connectivity index (χ2v) is 16.0. The van der Waals surface area contributed by atoms with E-state index in [0.29, 0.717) is 34.2 Å². The summed E-state index contributed by atoms with van der Waals surface area (Å²) in [5.74, 6) is -3.60. The Bertz CT molecular complexity index is 2850. The third-order valence-corrected chi connectivity index (χ3v) is 10.3. The van der Waals surface area contributed by atoms with Crippen molar-refractivity contribution in [3.63, 3.8) is 0 Å². The summed E-state index contributed by atoms with van der Waals surface area (Å²) in [4.78, 5) is 106. The number of aromatic nitrogens is 6. The van der Waals surface area contributed by atoms with Crippen LogP contribution in [0.2, 0.25) is 0 Å². The average Bonchev–Trinajstić information content (AvgIpc) is 3.38. The molecule has 0 saturated carbocycles. The Balaban J connectivity index is 1.30. The van der Waals surface area contributed by atoms with Crippen LogP contribution in [0.3, 0.4) is 0 Å². The van der Waals surface area contributed by atoms with Gasteiger partial charge in [-0.2, -0.15) is 0 Å². The molecule has 6 heterocycles. The first kappa shape index (κ1) is 55.0. The van der Waals surface area contributed by atoms with E-state index in [1.807, 2.05) is 0 Å². The highest BCUT2D eigenvalue weighted by Gasteiger charge is 2.21. The van der Waals surface area contributed by atoms with Crippen LogP contribution in [0.4, 0.5) is 0 Å². The van der Waals surface area contributed by atoms with Crippen molar-refractivity contribution in [2.24, 2.45) is 0 Å². The quantitative estimate of drug-likeness (QED) is 0.0433. The Morgan fingerprint density at radius 3 is 0.689 bits per heavy atom. The van der Waals surface area contributed by atoms with Gasteiger partial charge in [-0.15, -0.1) is 0 Å². The van der Waals surface area contributed by atoms with E-state index >= 15 is 0 Å². The van der Waals surface area contributed by atoms with Gasteiger partial charge in [-0.3, -0.25) is 9.97 Å². The Morgan fingerprint density at radius 2 is 0.486 bits per heavy atom. The molecule has 0 unspecified atom stereocenters. The van der Waals surface area contributed by atoms with E-state index in [2.05, 4.69) is 9.97 Å². The summed E-state index contributed by atoms with van der Waals surface area (Å²) in [5.41, 5.74) is 4.84. The van der Waals surface area contributed by atoms with Crippen LogP contribution in [0.15, 0.2) is 72.8 Å². The van der Waals surface area contributed by atoms with Gasteiger partial charge in [-0.25, -0.2) is 48.7 Å². The molecule has 0 saturated heterocycles. The summed E-state index contributed by atoms with van der Waals surface area (Å²) in [6, 6.07) is 18.2. The fraction of sp³-hybridized carbons (Fsp3) is 0.333. The molecular formula is C54H56N6O14. The Kier molecular flexibility index (Phi) is 19.6. The molecule has 6 aromatic heterocycles. The lowest BCUT2D eigenvalue weighted by molar-refractivity contribution is 0.0514. The standard InChI is InChI=1S/C54H56N6O14/c1-9-69-49(61)33-15-31(7)55-43(21-33)45-23-35(51(63)71-11-3)17-39(57-45)27-67-29-41-19-37(53(65)73-13-5)25-47(59-41)48-26-38(54(66)74-14-6)20-42(60-48)30-68-28-40-18-36(52(64)72-12-4)24-46(58-40)44-22-34(16-32(8)56-44)50(62)70-10-2/h15-26H,9-14,27-30H2,1-8H3. The summed E-state index contributed by atoms with van der Waals surface area (Å²) in [6.07, 6.45) is 0. The first-order valence-electron chi connectivity index (χ1n) is 23.9. The SMILES string of the molecule is CCOC(=O)c1cc(C)nc(-c2cc(C(=O)OCC)cc(COCc3cc(C(=O)OCC)cc(-c4cc(C(=O)OCC)cc(COCc5cc(C(=O)OCC)cc(-c6cc(C(=O)OCC)cc(C)n6)n5)n4)n3)n2)c1. The van der Waals surface area contributed by atoms with Gasteiger partial charge in [0.2, 0.25) is 0 Å². The molecule has 0 aliphatic carbocycles. The van der Waals surface area contributed by atoms with E-state index in [-0.39, 0.29) is 134 Å². The monoisotopic (exact) mass is 1010 g/mol. The lowest BCUT2D eigenvalue weighted by Gasteiger charge is -2.13. The van der Waals surface area contributed by atoms with Gasteiger partial charge < -0.3 is 37.9 Å². The minimum absolute atomic E-state index is 0.0808. The van der Waals surface area contributed by atoms with Crippen LogP contribution in [0.1, 0.15) is 138 Å². The van der Waals surface area contributed by atoms with E-state index < -0.39 is 35.8 Å². The maximum Gasteiger partial charge on any atom is 0.338 e. The molecule has 20 heteroatoms. The Labute approximate surface area is 427 Å². The molecule has 0 amide bonds. The number of rotatable bonds is 23. The third kappa shape index (κ3) is 14.9. The second kappa shape index (κ2) is 26.4. The molecule has 0 fully saturated rings. The molecular weight excluding hydrogens is 957 g/mol. The highest BCUT2D eigenvalue weighted by molar-refractivity contribution is 5.94. The van der Waals surface area contributed by atoms with E-state index in [1.165, 1.54) is 60.7 Å². The largest absolute Gasteiger partial charge is 0.462 e. The maximum atomic E-state index is 13.3. The molecule has 0 N–H and O–H groups in total. The Hall–Kier alpha value is -8.36. The first-order chi connectivity index (χ1) is 35.6. The zero-order valence-electron chi connectivity index (χ0n) is 42.4. The zero-order valence-corrected chi connectivity index (χ0v) is 42.4. The molecule has 0 aliphatic heterocycles. The average molecular weight is 1010 g/mol. The minimum Gasteiger partial charge on any atom is -0.462 e. The van der Waals surface area contributed by atoms with Gasteiger partial charge in [-0.05, 0) is 128 Å². The summed E-state index contributed by atoms with van der Waals surface area (Å²) in [7, 11) is 0. The van der Waals surface area contributed by atoms with Crippen LogP contribution in [0.25, 0.3) is 34.2 Å². The van der Waals surface area contributed by atoms with Gasteiger partial charge in [0.05, 0.1) is 156 Å². The molecule has 0 atom stereocenters. The number of nitrogens with zero attached hydrogens (tertiary/aromatic N) is 6. The van der Waals surface area contributed by atoms with Crippen LogP contribution >= 0.6 is 0 Å². The smallest absolute Gasteiger partial charge is 0.338 e. The van der Waals surface area contributed by atoms with Gasteiger partial charge in [0.25, 0.3) is 0 Å². The van der Waals surface area contributed by atoms with E-state index in [0.717, 1.165) is 0 Å². The molecule has 0 aromatic carbocycles. The molecule has 386 valence electrons.